The molecule has 1 aromatic heterocycles. The predicted molar refractivity (Wildman–Crippen MR) is 43.5 cm³/mol. The molecule has 0 aliphatic heterocycles. The largest absolute Gasteiger partial charge is 0.452 e. The fraction of sp³-hybridized carbons (Fsp3) is 0.556. The van der Waals surface area contributed by atoms with Crippen LogP contribution < -0.4 is 0 Å². The van der Waals surface area contributed by atoms with Crippen LogP contribution in [0.1, 0.15) is 25.9 Å². The van der Waals surface area contributed by atoms with E-state index in [1.54, 1.807) is 12.1 Å². The molecule has 3 nitrogen and oxygen atoms in total. The summed E-state index contributed by atoms with van der Waals surface area (Å²) >= 11 is 0. The summed E-state index contributed by atoms with van der Waals surface area (Å²) in [7, 11) is 0. The first-order valence-corrected chi connectivity index (χ1v) is 4.07. The van der Waals surface area contributed by atoms with Crippen LogP contribution in [-0.2, 0) is 9.47 Å². The molecular weight excluding hydrogens is 156 g/mol. The van der Waals surface area contributed by atoms with Gasteiger partial charge in [0.1, 0.15) is 0 Å². The highest BCUT2D eigenvalue weighted by atomic mass is 16.7. The van der Waals surface area contributed by atoms with Crippen LogP contribution in [0.5, 0.6) is 0 Å². The van der Waals surface area contributed by atoms with Crippen LogP contribution in [-0.4, -0.2) is 13.2 Å². The molecule has 0 fully saturated rings. The number of ether oxygens (including phenoxy) is 2. The minimum atomic E-state index is -0.383. The van der Waals surface area contributed by atoms with Crippen molar-refractivity contribution < 1.29 is 13.9 Å². The Morgan fingerprint density at radius 2 is 2.08 bits per heavy atom. The van der Waals surface area contributed by atoms with Crippen LogP contribution in [0.2, 0.25) is 0 Å². The summed E-state index contributed by atoms with van der Waals surface area (Å²) < 4.78 is 15.6. The van der Waals surface area contributed by atoms with Crippen molar-refractivity contribution in [3.05, 3.63) is 24.2 Å². The van der Waals surface area contributed by atoms with Crippen molar-refractivity contribution in [1.29, 1.82) is 0 Å². The second kappa shape index (κ2) is 4.95. The van der Waals surface area contributed by atoms with Crippen molar-refractivity contribution in [2.75, 3.05) is 13.2 Å². The lowest BCUT2D eigenvalue weighted by molar-refractivity contribution is -0.150. The Morgan fingerprint density at radius 1 is 1.42 bits per heavy atom. The maximum atomic E-state index is 5.29. The van der Waals surface area contributed by atoms with Crippen molar-refractivity contribution in [1.82, 2.24) is 0 Å². The highest BCUT2D eigenvalue weighted by molar-refractivity contribution is 4.98. The van der Waals surface area contributed by atoms with E-state index in [1.165, 1.54) is 0 Å². The highest BCUT2D eigenvalue weighted by Gasteiger charge is 2.13. The zero-order valence-electron chi connectivity index (χ0n) is 7.37. The molecule has 12 heavy (non-hydrogen) atoms. The topological polar surface area (TPSA) is 31.6 Å². The lowest BCUT2D eigenvalue weighted by Gasteiger charge is -2.13. The molecule has 0 saturated carbocycles. The first-order valence-electron chi connectivity index (χ1n) is 4.07. The Morgan fingerprint density at radius 3 is 2.50 bits per heavy atom. The SMILES string of the molecule is CCOC(OCC)c1cc[c]o1. The van der Waals surface area contributed by atoms with E-state index in [9.17, 15) is 0 Å². The van der Waals surface area contributed by atoms with Crippen LogP contribution in [0.25, 0.3) is 0 Å². The third-order valence-electron chi connectivity index (χ3n) is 1.36. The fourth-order valence-electron chi connectivity index (χ4n) is 0.894. The van der Waals surface area contributed by atoms with E-state index in [0.717, 1.165) is 0 Å². The standard InChI is InChI=1S/C9H13O3/c1-3-10-9(11-4-2)8-6-5-7-12-8/h5-6,9H,3-4H2,1-2H3. The maximum Gasteiger partial charge on any atom is 0.217 e. The van der Waals surface area contributed by atoms with E-state index in [2.05, 4.69) is 6.26 Å². The summed E-state index contributed by atoms with van der Waals surface area (Å²) in [5.41, 5.74) is 0. The van der Waals surface area contributed by atoms with Gasteiger partial charge in [-0.2, -0.15) is 0 Å². The number of hydrogen-bond acceptors (Lipinski definition) is 3. The molecular formula is C9H13O3. The summed E-state index contributed by atoms with van der Waals surface area (Å²) in [6.07, 6.45) is 2.21. The van der Waals surface area contributed by atoms with E-state index in [-0.39, 0.29) is 6.29 Å². The first-order chi connectivity index (χ1) is 5.88. The summed E-state index contributed by atoms with van der Waals surface area (Å²) in [5, 5.41) is 0. The first kappa shape index (κ1) is 9.29. The molecule has 1 radical (unpaired) electrons. The molecule has 1 aromatic rings. The van der Waals surface area contributed by atoms with Gasteiger partial charge in [0, 0.05) is 13.2 Å². The normalized spacial score (nSPS) is 10.9. The second-order valence-electron chi connectivity index (χ2n) is 2.20. The Bertz CT molecular complexity index is 188. The molecule has 0 atom stereocenters. The van der Waals surface area contributed by atoms with Gasteiger partial charge in [0.05, 0.1) is 0 Å². The minimum Gasteiger partial charge on any atom is -0.452 e. The van der Waals surface area contributed by atoms with E-state index >= 15 is 0 Å². The van der Waals surface area contributed by atoms with Gasteiger partial charge in [0.2, 0.25) is 6.29 Å². The Labute approximate surface area is 72.3 Å². The van der Waals surface area contributed by atoms with Crippen molar-refractivity contribution >= 4 is 0 Å². The molecule has 0 N–H and O–H groups in total. The van der Waals surface area contributed by atoms with Gasteiger partial charge in [-0.05, 0) is 26.0 Å². The smallest absolute Gasteiger partial charge is 0.217 e. The minimum absolute atomic E-state index is 0.383. The van der Waals surface area contributed by atoms with Crippen LogP contribution >= 0.6 is 0 Å². The van der Waals surface area contributed by atoms with E-state index in [0.29, 0.717) is 19.0 Å². The van der Waals surface area contributed by atoms with Gasteiger partial charge < -0.3 is 13.9 Å². The quantitative estimate of drug-likeness (QED) is 0.633. The van der Waals surface area contributed by atoms with Gasteiger partial charge in [-0.3, -0.25) is 0 Å². The summed E-state index contributed by atoms with van der Waals surface area (Å²) in [5.74, 6) is 0.665. The summed E-state index contributed by atoms with van der Waals surface area (Å²) in [4.78, 5) is 0. The van der Waals surface area contributed by atoms with Crippen LogP contribution in [0.4, 0.5) is 0 Å². The average Bonchev–Trinajstić information content (AvgIpc) is 2.56. The van der Waals surface area contributed by atoms with Crippen LogP contribution in [0.15, 0.2) is 16.5 Å². The molecule has 67 valence electrons. The van der Waals surface area contributed by atoms with Gasteiger partial charge in [0.15, 0.2) is 12.0 Å². The van der Waals surface area contributed by atoms with Gasteiger partial charge in [0.25, 0.3) is 0 Å². The molecule has 0 spiro atoms. The average molecular weight is 169 g/mol. The van der Waals surface area contributed by atoms with E-state index in [1.807, 2.05) is 13.8 Å². The number of furan rings is 1. The van der Waals surface area contributed by atoms with Gasteiger partial charge in [-0.1, -0.05) is 0 Å². The van der Waals surface area contributed by atoms with Gasteiger partial charge in [-0.25, -0.2) is 0 Å². The molecule has 0 aliphatic carbocycles. The molecule has 0 amide bonds. The third kappa shape index (κ3) is 2.36. The van der Waals surface area contributed by atoms with Crippen molar-refractivity contribution in [2.24, 2.45) is 0 Å². The van der Waals surface area contributed by atoms with Gasteiger partial charge in [-0.15, -0.1) is 0 Å². The highest BCUT2D eigenvalue weighted by Crippen LogP contribution is 2.18. The number of hydrogen-bond donors (Lipinski definition) is 0. The van der Waals surface area contributed by atoms with Crippen molar-refractivity contribution in [3.63, 3.8) is 0 Å². The summed E-state index contributed by atoms with van der Waals surface area (Å²) in [6, 6.07) is 3.48. The van der Waals surface area contributed by atoms with Crippen molar-refractivity contribution in [2.45, 2.75) is 20.1 Å². The molecule has 0 unspecified atom stereocenters. The monoisotopic (exact) mass is 169 g/mol. The zero-order valence-corrected chi connectivity index (χ0v) is 7.37. The zero-order chi connectivity index (χ0) is 8.81. The lowest BCUT2D eigenvalue weighted by Crippen LogP contribution is -2.07. The second-order valence-corrected chi connectivity index (χ2v) is 2.20. The Hall–Kier alpha value is -0.800. The molecule has 1 rings (SSSR count). The molecule has 0 aromatic carbocycles. The predicted octanol–water partition coefficient (Wildman–Crippen LogP) is 2.15. The molecule has 3 heteroatoms. The molecule has 0 bridgehead atoms. The van der Waals surface area contributed by atoms with Crippen LogP contribution in [0, 0.1) is 6.26 Å². The van der Waals surface area contributed by atoms with E-state index in [4.69, 9.17) is 13.9 Å². The Kier molecular flexibility index (Phi) is 3.84. The lowest BCUT2D eigenvalue weighted by atomic mass is 10.4. The summed E-state index contributed by atoms with van der Waals surface area (Å²) in [6.45, 7) is 5.04. The van der Waals surface area contributed by atoms with Gasteiger partial charge >= 0.3 is 0 Å². The Balaban J connectivity index is 2.53. The van der Waals surface area contributed by atoms with Crippen molar-refractivity contribution in [3.8, 4) is 0 Å². The molecule has 1 heterocycles. The molecule has 0 aliphatic rings. The van der Waals surface area contributed by atoms with Crippen LogP contribution in [0.3, 0.4) is 0 Å². The fourth-order valence-corrected chi connectivity index (χ4v) is 0.894. The number of rotatable bonds is 5. The third-order valence-corrected chi connectivity index (χ3v) is 1.36. The molecule has 0 saturated heterocycles. The van der Waals surface area contributed by atoms with E-state index < -0.39 is 0 Å². The maximum absolute atomic E-state index is 5.29.